The van der Waals surface area contributed by atoms with Crippen molar-refractivity contribution >= 4 is 5.78 Å². The summed E-state index contributed by atoms with van der Waals surface area (Å²) in [6, 6.07) is 0. The number of ether oxygens (including phenoxy) is 1. The second kappa shape index (κ2) is 5.35. The van der Waals surface area contributed by atoms with Gasteiger partial charge in [0.2, 0.25) is 5.78 Å². The number of ketones is 1. The van der Waals surface area contributed by atoms with Gasteiger partial charge in [-0.2, -0.15) is 0 Å². The Morgan fingerprint density at radius 2 is 1.80 bits per heavy atom. The summed E-state index contributed by atoms with van der Waals surface area (Å²) >= 11 is 0. The highest BCUT2D eigenvalue weighted by Gasteiger charge is 2.32. The lowest BCUT2D eigenvalue weighted by atomic mass is 10.0. The van der Waals surface area contributed by atoms with Gasteiger partial charge in [0.25, 0.3) is 0 Å². The van der Waals surface area contributed by atoms with Crippen LogP contribution in [0.1, 0.15) is 19.3 Å². The van der Waals surface area contributed by atoms with Crippen LogP contribution < -0.4 is 0 Å². The van der Waals surface area contributed by atoms with Crippen LogP contribution in [0.15, 0.2) is 49.3 Å². The van der Waals surface area contributed by atoms with E-state index in [1.54, 1.807) is 18.2 Å². The van der Waals surface area contributed by atoms with Crippen molar-refractivity contribution in [3.8, 4) is 0 Å². The van der Waals surface area contributed by atoms with Crippen molar-refractivity contribution in [1.82, 2.24) is 0 Å². The van der Waals surface area contributed by atoms with E-state index in [4.69, 9.17) is 4.74 Å². The maximum absolute atomic E-state index is 11.9. The molecule has 0 N–H and O–H groups in total. The average molecular weight is 204 g/mol. The zero-order valence-electron chi connectivity index (χ0n) is 8.87. The van der Waals surface area contributed by atoms with Crippen LogP contribution in [0.4, 0.5) is 0 Å². The second-order valence-corrected chi connectivity index (χ2v) is 3.38. The minimum absolute atomic E-state index is 0.0617. The first kappa shape index (κ1) is 11.5. The van der Waals surface area contributed by atoms with Gasteiger partial charge in [0.15, 0.2) is 6.10 Å². The summed E-state index contributed by atoms with van der Waals surface area (Å²) in [6.07, 6.45) is 6.49. The molecule has 80 valence electrons. The van der Waals surface area contributed by atoms with Gasteiger partial charge >= 0.3 is 0 Å². The lowest BCUT2D eigenvalue weighted by Crippen LogP contribution is -2.17. The van der Waals surface area contributed by atoms with E-state index in [2.05, 4.69) is 19.7 Å². The van der Waals surface area contributed by atoms with Crippen LogP contribution in [0.25, 0.3) is 0 Å². The summed E-state index contributed by atoms with van der Waals surface area (Å²) in [5.74, 6) is 0.799. The zero-order valence-corrected chi connectivity index (χ0v) is 8.87. The molecule has 0 radical (unpaired) electrons. The average Bonchev–Trinajstić information content (AvgIpc) is 2.49. The van der Waals surface area contributed by atoms with E-state index in [-0.39, 0.29) is 11.9 Å². The Labute approximate surface area is 90.6 Å². The van der Waals surface area contributed by atoms with Crippen molar-refractivity contribution in [1.29, 1.82) is 0 Å². The number of hydrogen-bond acceptors (Lipinski definition) is 2. The third-order valence-electron chi connectivity index (χ3n) is 2.27. The molecule has 1 heterocycles. The summed E-state index contributed by atoms with van der Waals surface area (Å²) in [6.45, 7) is 10.9. The molecule has 0 aromatic rings. The fraction of sp³-hybridized carbons (Fsp3) is 0.308. The molecule has 1 atom stereocenters. The highest BCUT2D eigenvalue weighted by Crippen LogP contribution is 2.28. The Kier molecular flexibility index (Phi) is 4.10. The molecule has 15 heavy (non-hydrogen) atoms. The van der Waals surface area contributed by atoms with E-state index in [9.17, 15) is 4.79 Å². The first-order valence-corrected chi connectivity index (χ1v) is 5.00. The fourth-order valence-electron chi connectivity index (χ4n) is 1.60. The number of rotatable bonds is 6. The molecule has 1 unspecified atom stereocenters. The molecule has 1 aliphatic rings. The molecule has 2 nitrogen and oxygen atoms in total. The van der Waals surface area contributed by atoms with Gasteiger partial charge in [-0.15, -0.1) is 19.7 Å². The number of Topliss-reactive ketones (excluding diaryl/α,β-unsaturated/α-hetero) is 1. The van der Waals surface area contributed by atoms with Crippen molar-refractivity contribution in [3.05, 3.63) is 49.3 Å². The molecular formula is C13H16O2. The Bertz CT molecular complexity index is 323. The van der Waals surface area contributed by atoms with Crippen LogP contribution >= 0.6 is 0 Å². The van der Waals surface area contributed by atoms with E-state index in [1.807, 2.05) is 0 Å². The van der Waals surface area contributed by atoms with Gasteiger partial charge in [-0.3, -0.25) is 4.79 Å². The van der Waals surface area contributed by atoms with Gasteiger partial charge in [0, 0.05) is 18.4 Å². The largest absolute Gasteiger partial charge is 0.486 e. The van der Waals surface area contributed by atoms with Crippen molar-refractivity contribution < 1.29 is 9.53 Å². The normalized spacial score (nSPS) is 20.0. The van der Waals surface area contributed by atoms with E-state index in [0.29, 0.717) is 19.3 Å². The number of allylic oxidation sites excluding steroid dienone is 2. The summed E-state index contributed by atoms with van der Waals surface area (Å²) < 4.78 is 5.56. The lowest BCUT2D eigenvalue weighted by Gasteiger charge is -2.07. The topological polar surface area (TPSA) is 26.3 Å². The summed E-state index contributed by atoms with van der Waals surface area (Å²) in [7, 11) is 0. The van der Waals surface area contributed by atoms with Crippen molar-refractivity contribution in [2.45, 2.75) is 25.4 Å². The molecular weight excluding hydrogens is 188 g/mol. The molecule has 0 aromatic heterocycles. The Morgan fingerprint density at radius 1 is 1.13 bits per heavy atom. The van der Waals surface area contributed by atoms with Crippen molar-refractivity contribution in [2.75, 3.05) is 0 Å². The van der Waals surface area contributed by atoms with Crippen LogP contribution in [-0.2, 0) is 9.53 Å². The predicted octanol–water partition coefficient (Wildman–Crippen LogP) is 2.94. The van der Waals surface area contributed by atoms with Gasteiger partial charge in [-0.05, 0) is 6.42 Å². The summed E-state index contributed by atoms with van der Waals surface area (Å²) in [5.41, 5.74) is 0.733. The Balaban J connectivity index is 2.85. The quantitative estimate of drug-likeness (QED) is 0.622. The Morgan fingerprint density at radius 3 is 2.33 bits per heavy atom. The van der Waals surface area contributed by atoms with Crippen LogP contribution in [0.2, 0.25) is 0 Å². The van der Waals surface area contributed by atoms with Gasteiger partial charge in [0.1, 0.15) is 5.76 Å². The van der Waals surface area contributed by atoms with E-state index >= 15 is 0 Å². The minimum Gasteiger partial charge on any atom is -0.486 e. The molecule has 0 aromatic carbocycles. The van der Waals surface area contributed by atoms with Crippen LogP contribution in [0.5, 0.6) is 0 Å². The SMILES string of the molecule is C=CCC1=C(CC=C)C(=O)C(CC=C)O1. The third-order valence-corrected chi connectivity index (χ3v) is 2.27. The summed E-state index contributed by atoms with van der Waals surface area (Å²) in [4.78, 5) is 11.9. The summed E-state index contributed by atoms with van der Waals surface area (Å²) in [5, 5.41) is 0. The first-order chi connectivity index (χ1) is 7.24. The van der Waals surface area contributed by atoms with Crippen LogP contribution in [0.3, 0.4) is 0 Å². The van der Waals surface area contributed by atoms with E-state index in [1.165, 1.54) is 0 Å². The van der Waals surface area contributed by atoms with Crippen LogP contribution in [-0.4, -0.2) is 11.9 Å². The van der Waals surface area contributed by atoms with Gasteiger partial charge in [-0.25, -0.2) is 0 Å². The monoisotopic (exact) mass is 204 g/mol. The molecule has 0 aliphatic carbocycles. The molecule has 1 aliphatic heterocycles. The predicted molar refractivity (Wildman–Crippen MR) is 61.3 cm³/mol. The molecule has 0 fully saturated rings. The van der Waals surface area contributed by atoms with Gasteiger partial charge < -0.3 is 4.74 Å². The fourth-order valence-corrected chi connectivity index (χ4v) is 1.60. The number of carbonyl (C=O) groups excluding carboxylic acids is 1. The number of carbonyl (C=O) groups is 1. The maximum atomic E-state index is 11.9. The minimum atomic E-state index is -0.382. The Hall–Kier alpha value is -1.57. The molecule has 0 saturated carbocycles. The van der Waals surface area contributed by atoms with E-state index < -0.39 is 0 Å². The van der Waals surface area contributed by atoms with Crippen molar-refractivity contribution in [2.24, 2.45) is 0 Å². The zero-order chi connectivity index (χ0) is 11.3. The maximum Gasteiger partial charge on any atom is 0.203 e. The third kappa shape index (κ3) is 2.46. The second-order valence-electron chi connectivity index (χ2n) is 3.38. The first-order valence-electron chi connectivity index (χ1n) is 5.00. The highest BCUT2D eigenvalue weighted by molar-refractivity contribution is 6.01. The molecule has 0 saturated heterocycles. The highest BCUT2D eigenvalue weighted by atomic mass is 16.5. The molecule has 1 rings (SSSR count). The lowest BCUT2D eigenvalue weighted by molar-refractivity contribution is -0.121. The number of hydrogen-bond donors (Lipinski definition) is 0. The smallest absolute Gasteiger partial charge is 0.203 e. The van der Waals surface area contributed by atoms with Gasteiger partial charge in [0.05, 0.1) is 0 Å². The molecule has 0 amide bonds. The van der Waals surface area contributed by atoms with Crippen molar-refractivity contribution in [3.63, 3.8) is 0 Å². The molecule has 2 heteroatoms. The molecule has 0 bridgehead atoms. The van der Waals surface area contributed by atoms with Crippen LogP contribution in [0, 0.1) is 0 Å². The van der Waals surface area contributed by atoms with Gasteiger partial charge in [-0.1, -0.05) is 18.2 Å². The van der Waals surface area contributed by atoms with E-state index in [0.717, 1.165) is 11.3 Å². The standard InChI is InChI=1S/C13H16O2/c1-4-7-10-11(8-5-2)15-12(9-6-3)13(10)14/h4-6,12H,1-3,7-9H2. The molecule has 0 spiro atoms.